The van der Waals surface area contributed by atoms with Crippen LogP contribution < -0.4 is 10.6 Å². The average Bonchev–Trinajstić information content (AvgIpc) is 3.27. The van der Waals surface area contributed by atoms with Crippen LogP contribution in [-0.2, 0) is 14.6 Å². The summed E-state index contributed by atoms with van der Waals surface area (Å²) >= 11 is 0. The normalized spacial score (nSPS) is 11.1. The van der Waals surface area contributed by atoms with E-state index >= 15 is 0 Å². The van der Waals surface area contributed by atoms with Crippen molar-refractivity contribution in [3.63, 3.8) is 0 Å². The molecule has 0 unspecified atom stereocenters. The third-order valence-electron chi connectivity index (χ3n) is 4.27. The van der Waals surface area contributed by atoms with Gasteiger partial charge in [0, 0.05) is 18.1 Å². The second kappa shape index (κ2) is 9.36. The third kappa shape index (κ3) is 5.12. The molecule has 8 nitrogen and oxygen atoms in total. The lowest BCUT2D eigenvalue weighted by Gasteiger charge is -2.11. The van der Waals surface area contributed by atoms with Crippen molar-refractivity contribution >= 4 is 27.3 Å². The molecular formula is C21H22N4O4S. The molecule has 1 heterocycles. The first-order valence-electron chi connectivity index (χ1n) is 9.40. The molecule has 30 heavy (non-hydrogen) atoms. The van der Waals surface area contributed by atoms with Gasteiger partial charge in [0.2, 0.25) is 5.91 Å². The summed E-state index contributed by atoms with van der Waals surface area (Å²) in [5.41, 5.74) is 1.44. The smallest absolute Gasteiger partial charge is 0.253 e. The van der Waals surface area contributed by atoms with E-state index < -0.39 is 21.7 Å². The van der Waals surface area contributed by atoms with Gasteiger partial charge in [-0.2, -0.15) is 5.10 Å². The molecule has 2 N–H and O–H groups in total. The molecule has 0 aliphatic carbocycles. The molecule has 156 valence electrons. The van der Waals surface area contributed by atoms with Crippen LogP contribution in [0.5, 0.6) is 0 Å². The number of aromatic nitrogens is 2. The van der Waals surface area contributed by atoms with Crippen LogP contribution in [0.1, 0.15) is 23.7 Å². The van der Waals surface area contributed by atoms with Crippen molar-refractivity contribution in [2.24, 2.45) is 0 Å². The Balaban J connectivity index is 1.61. The monoisotopic (exact) mass is 426 g/mol. The molecule has 0 bridgehead atoms. The first-order valence-corrected chi connectivity index (χ1v) is 11.1. The molecule has 0 saturated heterocycles. The number of sulfone groups is 1. The summed E-state index contributed by atoms with van der Waals surface area (Å²) in [4.78, 5) is 24.6. The molecule has 0 fully saturated rings. The molecule has 9 heteroatoms. The summed E-state index contributed by atoms with van der Waals surface area (Å²) in [5, 5.41) is 9.29. The summed E-state index contributed by atoms with van der Waals surface area (Å²) in [6, 6.07) is 14.9. The highest BCUT2D eigenvalue weighted by Gasteiger charge is 2.21. The van der Waals surface area contributed by atoms with E-state index in [1.807, 2.05) is 12.3 Å². The molecule has 2 aromatic carbocycles. The Bertz CT molecular complexity index is 1120. The Morgan fingerprint density at radius 2 is 1.77 bits per heavy atom. The van der Waals surface area contributed by atoms with Crippen LogP contribution in [0.15, 0.2) is 71.9 Å². The summed E-state index contributed by atoms with van der Waals surface area (Å²) in [6.07, 6.45) is 3.92. The van der Waals surface area contributed by atoms with Gasteiger partial charge in [-0.1, -0.05) is 19.1 Å². The van der Waals surface area contributed by atoms with Crippen LogP contribution >= 0.6 is 0 Å². The van der Waals surface area contributed by atoms with Gasteiger partial charge in [0.25, 0.3) is 5.91 Å². The highest BCUT2D eigenvalue weighted by molar-refractivity contribution is 7.91. The van der Waals surface area contributed by atoms with Crippen LogP contribution in [-0.4, -0.2) is 42.3 Å². The van der Waals surface area contributed by atoms with Gasteiger partial charge in [0.15, 0.2) is 9.84 Å². The number of rotatable bonds is 8. The Morgan fingerprint density at radius 3 is 2.43 bits per heavy atom. The van der Waals surface area contributed by atoms with E-state index in [9.17, 15) is 18.0 Å². The lowest BCUT2D eigenvalue weighted by molar-refractivity contribution is -0.115. The van der Waals surface area contributed by atoms with E-state index in [4.69, 9.17) is 0 Å². The fraction of sp³-hybridized carbons (Fsp3) is 0.190. The van der Waals surface area contributed by atoms with Gasteiger partial charge in [-0.3, -0.25) is 9.59 Å². The van der Waals surface area contributed by atoms with Crippen molar-refractivity contribution < 1.29 is 18.0 Å². The van der Waals surface area contributed by atoms with E-state index in [-0.39, 0.29) is 22.8 Å². The summed E-state index contributed by atoms with van der Waals surface area (Å²) in [6.45, 7) is 1.47. The molecule has 0 aliphatic rings. The highest BCUT2D eigenvalue weighted by Crippen LogP contribution is 2.18. The fourth-order valence-electron chi connectivity index (χ4n) is 2.88. The molecule has 0 spiro atoms. The Kier molecular flexibility index (Phi) is 6.63. The van der Waals surface area contributed by atoms with Crippen LogP contribution in [0, 0.1) is 0 Å². The van der Waals surface area contributed by atoms with Gasteiger partial charge in [0.1, 0.15) is 0 Å². The van der Waals surface area contributed by atoms with Crippen molar-refractivity contribution in [1.29, 1.82) is 0 Å². The number of anilines is 1. The van der Waals surface area contributed by atoms with E-state index in [1.165, 1.54) is 12.1 Å². The van der Waals surface area contributed by atoms with Crippen LogP contribution in [0.25, 0.3) is 5.69 Å². The molecule has 3 aromatic rings. The maximum Gasteiger partial charge on any atom is 0.253 e. The molecule has 3 rings (SSSR count). The number of hydrogen-bond donors (Lipinski definition) is 2. The molecule has 2 amide bonds. The number of nitrogens with zero attached hydrogens (tertiary/aromatic N) is 2. The van der Waals surface area contributed by atoms with Crippen LogP contribution in [0.4, 0.5) is 5.69 Å². The first kappa shape index (κ1) is 21.3. The number of carbonyl (C=O) groups is 2. The van der Waals surface area contributed by atoms with Gasteiger partial charge in [-0.15, -0.1) is 0 Å². The van der Waals surface area contributed by atoms with Crippen molar-refractivity contribution in [2.45, 2.75) is 18.2 Å². The molecule has 0 atom stereocenters. The minimum absolute atomic E-state index is 0.0287. The quantitative estimate of drug-likeness (QED) is 0.575. The Labute approximate surface area is 174 Å². The van der Waals surface area contributed by atoms with Crippen LogP contribution in [0.3, 0.4) is 0 Å². The molecule has 0 saturated carbocycles. The van der Waals surface area contributed by atoms with Gasteiger partial charge < -0.3 is 10.6 Å². The zero-order chi connectivity index (χ0) is 21.6. The molecule has 0 radical (unpaired) electrons. The van der Waals surface area contributed by atoms with E-state index in [0.29, 0.717) is 12.1 Å². The zero-order valence-electron chi connectivity index (χ0n) is 16.4. The second-order valence-electron chi connectivity index (χ2n) is 6.54. The summed E-state index contributed by atoms with van der Waals surface area (Å²) in [5.74, 6) is -1.09. The SMILES string of the molecule is CCCS(=O)(=O)c1ccccc1C(=O)NCC(=O)Nc1ccc(-n2cccn2)cc1. The predicted molar refractivity (Wildman–Crippen MR) is 113 cm³/mol. The summed E-state index contributed by atoms with van der Waals surface area (Å²) < 4.78 is 26.5. The lowest BCUT2D eigenvalue weighted by Crippen LogP contribution is -2.33. The van der Waals surface area contributed by atoms with Gasteiger partial charge in [-0.05, 0) is 48.9 Å². The Morgan fingerprint density at radius 1 is 1.03 bits per heavy atom. The number of hydrogen-bond acceptors (Lipinski definition) is 5. The van der Waals surface area contributed by atoms with Crippen molar-refractivity contribution in [3.8, 4) is 5.69 Å². The predicted octanol–water partition coefficient (Wildman–Crippen LogP) is 2.42. The second-order valence-corrected chi connectivity index (χ2v) is 8.62. The van der Waals surface area contributed by atoms with Gasteiger partial charge in [-0.25, -0.2) is 13.1 Å². The van der Waals surface area contributed by atoms with Crippen molar-refractivity contribution in [1.82, 2.24) is 15.1 Å². The van der Waals surface area contributed by atoms with E-state index in [0.717, 1.165) is 5.69 Å². The third-order valence-corrected chi connectivity index (χ3v) is 6.24. The first-order chi connectivity index (χ1) is 14.4. The summed E-state index contributed by atoms with van der Waals surface area (Å²) in [7, 11) is -3.56. The Hall–Kier alpha value is -3.46. The fourth-order valence-corrected chi connectivity index (χ4v) is 4.42. The zero-order valence-corrected chi connectivity index (χ0v) is 17.2. The molecule has 1 aromatic heterocycles. The lowest BCUT2D eigenvalue weighted by atomic mass is 10.2. The minimum atomic E-state index is -3.56. The maximum atomic E-state index is 12.5. The molecule has 0 aliphatic heterocycles. The topological polar surface area (TPSA) is 110 Å². The average molecular weight is 426 g/mol. The van der Waals surface area contributed by atoms with Crippen LogP contribution in [0.2, 0.25) is 0 Å². The van der Waals surface area contributed by atoms with E-state index in [1.54, 1.807) is 54.2 Å². The van der Waals surface area contributed by atoms with E-state index in [2.05, 4.69) is 15.7 Å². The molecular weight excluding hydrogens is 404 g/mol. The minimum Gasteiger partial charge on any atom is -0.343 e. The largest absolute Gasteiger partial charge is 0.343 e. The number of nitrogens with one attached hydrogen (secondary N) is 2. The number of carbonyl (C=O) groups excluding carboxylic acids is 2. The maximum absolute atomic E-state index is 12.5. The highest BCUT2D eigenvalue weighted by atomic mass is 32.2. The van der Waals surface area contributed by atoms with Crippen molar-refractivity contribution in [3.05, 3.63) is 72.6 Å². The number of amides is 2. The van der Waals surface area contributed by atoms with Gasteiger partial charge in [0.05, 0.1) is 28.4 Å². The number of benzene rings is 2. The van der Waals surface area contributed by atoms with Gasteiger partial charge >= 0.3 is 0 Å². The van der Waals surface area contributed by atoms with Crippen molar-refractivity contribution in [2.75, 3.05) is 17.6 Å². The standard InChI is InChI=1S/C21H22N4O4S/c1-2-14-30(28,29)19-7-4-3-6-18(19)21(27)22-15-20(26)24-16-8-10-17(11-9-16)25-13-5-12-23-25/h3-13H,2,14-15H2,1H3,(H,22,27)(H,24,26).